The molecule has 0 fully saturated rings. The number of carbonyl (C=O) groups excluding carboxylic acids is 1. The van der Waals surface area contributed by atoms with Crippen molar-refractivity contribution >= 4 is 11.8 Å². The fourth-order valence-corrected chi connectivity index (χ4v) is 1.33. The maximum absolute atomic E-state index is 11.7. The van der Waals surface area contributed by atoms with Crippen LogP contribution in [0.25, 0.3) is 0 Å². The lowest BCUT2D eigenvalue weighted by molar-refractivity contribution is -0.136. The molecule has 0 unspecified atom stereocenters. The van der Waals surface area contributed by atoms with E-state index in [2.05, 4.69) is 0 Å². The molecule has 1 rings (SSSR count). The quantitative estimate of drug-likeness (QED) is 0.749. The molecule has 0 bridgehead atoms. The van der Waals surface area contributed by atoms with Crippen LogP contribution in [-0.4, -0.2) is 23.5 Å². The fraction of sp³-hybridized carbons (Fsp3) is 0.333. The minimum Gasteiger partial charge on any atom is -0.493 e. The van der Waals surface area contributed by atoms with Gasteiger partial charge in [-0.1, -0.05) is 12.1 Å². The molecule has 0 saturated carbocycles. The molecule has 1 aromatic carbocycles. The van der Waals surface area contributed by atoms with E-state index >= 15 is 0 Å². The van der Waals surface area contributed by atoms with Gasteiger partial charge in [0.25, 0.3) is 0 Å². The molecule has 0 radical (unpaired) electrons. The van der Waals surface area contributed by atoms with Gasteiger partial charge < -0.3 is 9.84 Å². The van der Waals surface area contributed by atoms with Crippen molar-refractivity contribution in [2.24, 2.45) is 0 Å². The third-order valence-corrected chi connectivity index (χ3v) is 2.05. The number of Topliss-reactive ketones (excluding diaryl/α,β-unsaturated/α-hetero) is 1. The molecule has 0 aliphatic carbocycles. The maximum atomic E-state index is 11.7. The van der Waals surface area contributed by atoms with E-state index in [1.54, 1.807) is 24.3 Å². The highest BCUT2D eigenvalue weighted by Crippen LogP contribution is 2.20. The van der Waals surface area contributed by atoms with Crippen molar-refractivity contribution in [2.75, 3.05) is 6.61 Å². The highest BCUT2D eigenvalue weighted by molar-refractivity contribution is 5.99. The molecule has 0 amide bonds. The van der Waals surface area contributed by atoms with Gasteiger partial charge in [-0.25, -0.2) is 0 Å². The average molecular weight is 222 g/mol. The van der Waals surface area contributed by atoms with E-state index in [0.717, 1.165) is 0 Å². The van der Waals surface area contributed by atoms with Gasteiger partial charge in [-0.2, -0.15) is 0 Å². The van der Waals surface area contributed by atoms with Gasteiger partial charge in [0.1, 0.15) is 5.75 Å². The molecule has 1 aromatic rings. The SMILES string of the molecule is CCOc1ccccc1C(=O)CCC(=O)O. The van der Waals surface area contributed by atoms with Crippen LogP contribution in [0.3, 0.4) is 0 Å². The van der Waals surface area contributed by atoms with Crippen molar-refractivity contribution in [3.8, 4) is 5.75 Å². The Morgan fingerprint density at radius 1 is 1.25 bits per heavy atom. The summed E-state index contributed by atoms with van der Waals surface area (Å²) in [5.74, 6) is -0.658. The van der Waals surface area contributed by atoms with Gasteiger partial charge in [0.05, 0.1) is 18.6 Å². The molecular weight excluding hydrogens is 208 g/mol. The molecular formula is C12H14O4. The van der Waals surface area contributed by atoms with Crippen LogP contribution < -0.4 is 4.74 Å². The summed E-state index contributed by atoms with van der Waals surface area (Å²) in [4.78, 5) is 22.1. The second kappa shape index (κ2) is 5.90. The van der Waals surface area contributed by atoms with E-state index < -0.39 is 5.97 Å². The number of carboxylic acid groups (broad SMARTS) is 1. The Bertz CT molecular complexity index is 384. The molecule has 0 aromatic heterocycles. The number of benzene rings is 1. The number of hydrogen-bond acceptors (Lipinski definition) is 3. The van der Waals surface area contributed by atoms with E-state index in [9.17, 15) is 9.59 Å². The van der Waals surface area contributed by atoms with Gasteiger partial charge in [0.15, 0.2) is 5.78 Å². The molecule has 4 nitrogen and oxygen atoms in total. The average Bonchev–Trinajstić information content (AvgIpc) is 2.27. The summed E-state index contributed by atoms with van der Waals surface area (Å²) in [6.07, 6.45) is -0.154. The number of aliphatic carboxylic acids is 1. The topological polar surface area (TPSA) is 63.6 Å². The van der Waals surface area contributed by atoms with Crippen LogP contribution in [0, 0.1) is 0 Å². The first-order valence-electron chi connectivity index (χ1n) is 5.12. The zero-order valence-corrected chi connectivity index (χ0v) is 9.10. The van der Waals surface area contributed by atoms with Crippen molar-refractivity contribution in [2.45, 2.75) is 19.8 Å². The lowest BCUT2D eigenvalue weighted by Gasteiger charge is -2.08. The second-order valence-electron chi connectivity index (χ2n) is 3.25. The molecule has 0 atom stereocenters. The molecule has 0 aliphatic heterocycles. The summed E-state index contributed by atoms with van der Waals surface area (Å²) >= 11 is 0. The van der Waals surface area contributed by atoms with Crippen molar-refractivity contribution in [1.82, 2.24) is 0 Å². The predicted molar refractivity (Wildman–Crippen MR) is 58.8 cm³/mol. The highest BCUT2D eigenvalue weighted by atomic mass is 16.5. The first-order valence-corrected chi connectivity index (χ1v) is 5.12. The Labute approximate surface area is 93.9 Å². The van der Waals surface area contributed by atoms with Gasteiger partial charge in [0.2, 0.25) is 0 Å². The number of hydrogen-bond donors (Lipinski definition) is 1. The minimum atomic E-state index is -0.970. The summed E-state index contributed by atoms with van der Waals surface area (Å²) in [5.41, 5.74) is 0.450. The largest absolute Gasteiger partial charge is 0.493 e. The Balaban J connectivity index is 2.77. The van der Waals surface area contributed by atoms with Crippen molar-refractivity contribution < 1.29 is 19.4 Å². The Hall–Kier alpha value is -1.84. The van der Waals surface area contributed by atoms with Crippen LogP contribution >= 0.6 is 0 Å². The molecule has 0 saturated heterocycles. The smallest absolute Gasteiger partial charge is 0.303 e. The van der Waals surface area contributed by atoms with E-state index in [1.165, 1.54) is 0 Å². The maximum Gasteiger partial charge on any atom is 0.303 e. The second-order valence-corrected chi connectivity index (χ2v) is 3.25. The summed E-state index contributed by atoms with van der Waals surface area (Å²) in [5, 5.41) is 8.50. The molecule has 0 spiro atoms. The van der Waals surface area contributed by atoms with E-state index in [-0.39, 0.29) is 18.6 Å². The minimum absolute atomic E-state index is 0.000574. The number of carboxylic acids is 1. The monoisotopic (exact) mass is 222 g/mol. The van der Waals surface area contributed by atoms with Crippen molar-refractivity contribution in [1.29, 1.82) is 0 Å². The lowest BCUT2D eigenvalue weighted by Crippen LogP contribution is -2.06. The summed E-state index contributed by atoms with van der Waals surface area (Å²) < 4.78 is 5.30. The van der Waals surface area contributed by atoms with Crippen LogP contribution in [0.2, 0.25) is 0 Å². The molecule has 16 heavy (non-hydrogen) atoms. The third kappa shape index (κ3) is 3.38. The van der Waals surface area contributed by atoms with Crippen LogP contribution in [-0.2, 0) is 4.79 Å². The Morgan fingerprint density at radius 2 is 1.94 bits per heavy atom. The predicted octanol–water partition coefficient (Wildman–Crippen LogP) is 2.13. The van der Waals surface area contributed by atoms with Crippen molar-refractivity contribution in [3.05, 3.63) is 29.8 Å². The van der Waals surface area contributed by atoms with Gasteiger partial charge >= 0.3 is 5.97 Å². The van der Waals surface area contributed by atoms with E-state index in [4.69, 9.17) is 9.84 Å². The number of carbonyl (C=O) groups is 2. The van der Waals surface area contributed by atoms with Crippen molar-refractivity contribution in [3.63, 3.8) is 0 Å². The van der Waals surface area contributed by atoms with Gasteiger partial charge in [-0.3, -0.25) is 9.59 Å². The summed E-state index contributed by atoms with van der Waals surface area (Å²) in [7, 11) is 0. The number of ketones is 1. The van der Waals surface area contributed by atoms with Gasteiger partial charge in [0, 0.05) is 6.42 Å². The molecule has 4 heteroatoms. The molecule has 1 N–H and O–H groups in total. The third-order valence-electron chi connectivity index (χ3n) is 2.05. The van der Waals surface area contributed by atoms with Gasteiger partial charge in [-0.05, 0) is 19.1 Å². The number of rotatable bonds is 6. The highest BCUT2D eigenvalue weighted by Gasteiger charge is 2.12. The summed E-state index contributed by atoms with van der Waals surface area (Å²) in [6.45, 7) is 2.31. The van der Waals surface area contributed by atoms with Crippen LogP contribution in [0.5, 0.6) is 5.75 Å². The first-order chi connectivity index (χ1) is 7.65. The van der Waals surface area contributed by atoms with E-state index in [1.807, 2.05) is 6.92 Å². The normalized spacial score (nSPS) is 9.81. The van der Waals surface area contributed by atoms with Gasteiger partial charge in [-0.15, -0.1) is 0 Å². The fourth-order valence-electron chi connectivity index (χ4n) is 1.33. The zero-order chi connectivity index (χ0) is 12.0. The number of ether oxygens (including phenoxy) is 1. The standard InChI is InChI=1S/C12H14O4/c1-2-16-11-6-4-3-5-9(11)10(13)7-8-12(14)15/h3-6H,2,7-8H2,1H3,(H,14,15). The Kier molecular flexibility index (Phi) is 4.51. The van der Waals surface area contributed by atoms with Crippen LogP contribution in [0.1, 0.15) is 30.1 Å². The number of para-hydroxylation sites is 1. The molecule has 0 heterocycles. The summed E-state index contributed by atoms with van der Waals surface area (Å²) in [6, 6.07) is 6.86. The molecule has 0 aliphatic rings. The van der Waals surface area contributed by atoms with E-state index in [0.29, 0.717) is 17.9 Å². The first kappa shape index (κ1) is 12.2. The zero-order valence-electron chi connectivity index (χ0n) is 9.10. The Morgan fingerprint density at radius 3 is 2.56 bits per heavy atom. The lowest BCUT2D eigenvalue weighted by atomic mass is 10.1. The van der Waals surface area contributed by atoms with Crippen LogP contribution in [0.15, 0.2) is 24.3 Å². The van der Waals surface area contributed by atoms with Crippen LogP contribution in [0.4, 0.5) is 0 Å². The molecule has 86 valence electrons.